The van der Waals surface area contributed by atoms with E-state index in [0.717, 1.165) is 11.3 Å². The van der Waals surface area contributed by atoms with Gasteiger partial charge in [0.1, 0.15) is 0 Å². The molecule has 1 fully saturated rings. The summed E-state index contributed by atoms with van der Waals surface area (Å²) in [5.41, 5.74) is 0.414. The summed E-state index contributed by atoms with van der Waals surface area (Å²) < 4.78 is 30.0. The number of alkyl halides is 2. The topological polar surface area (TPSA) is 82.8 Å². The number of aromatic nitrogens is 3. The van der Waals surface area contributed by atoms with Crippen molar-refractivity contribution >= 4 is 17.2 Å². The molecular formula is C23H27F2N5O2. The monoisotopic (exact) mass is 443 g/mol. The van der Waals surface area contributed by atoms with E-state index in [0.29, 0.717) is 24.2 Å². The first-order valence-electron chi connectivity index (χ1n) is 10.6. The van der Waals surface area contributed by atoms with Gasteiger partial charge < -0.3 is 15.3 Å². The maximum Gasteiger partial charge on any atom is 0.291 e. The van der Waals surface area contributed by atoms with Crippen molar-refractivity contribution in [2.75, 3.05) is 24.5 Å². The molecule has 0 bridgehead atoms. The molecule has 0 saturated carbocycles. The molecule has 2 aromatic heterocycles. The lowest BCUT2D eigenvalue weighted by molar-refractivity contribution is 0.0606. The molecule has 1 aliphatic heterocycles. The van der Waals surface area contributed by atoms with Crippen molar-refractivity contribution in [2.45, 2.75) is 44.6 Å². The second kappa shape index (κ2) is 8.12. The van der Waals surface area contributed by atoms with Gasteiger partial charge in [0, 0.05) is 19.6 Å². The third-order valence-electron chi connectivity index (χ3n) is 5.92. The highest BCUT2D eigenvalue weighted by molar-refractivity contribution is 5.91. The zero-order valence-electron chi connectivity index (χ0n) is 18.3. The zero-order valence-corrected chi connectivity index (χ0v) is 18.3. The van der Waals surface area contributed by atoms with Crippen LogP contribution in [-0.2, 0) is 5.41 Å². The Morgan fingerprint density at radius 2 is 2.03 bits per heavy atom. The molecule has 1 atom stereocenters. The molecule has 170 valence electrons. The van der Waals surface area contributed by atoms with Crippen LogP contribution in [0.15, 0.2) is 42.6 Å². The number of nitrogens with one attached hydrogen (secondary N) is 1. The molecule has 32 heavy (non-hydrogen) atoms. The van der Waals surface area contributed by atoms with Crippen LogP contribution in [0.25, 0.3) is 5.65 Å². The summed E-state index contributed by atoms with van der Waals surface area (Å²) in [4.78, 5) is 18.6. The molecule has 0 unspecified atom stereocenters. The average Bonchev–Trinajstić information content (AvgIpc) is 3.38. The zero-order chi connectivity index (χ0) is 23.1. The van der Waals surface area contributed by atoms with E-state index in [2.05, 4.69) is 15.4 Å². The molecule has 9 heteroatoms. The molecule has 7 nitrogen and oxygen atoms in total. The van der Waals surface area contributed by atoms with Gasteiger partial charge in [-0.1, -0.05) is 30.3 Å². The van der Waals surface area contributed by atoms with Gasteiger partial charge in [-0.05, 0) is 44.4 Å². The number of hydrogen-bond acceptors (Lipinski definition) is 5. The molecule has 3 heterocycles. The van der Waals surface area contributed by atoms with Crippen LogP contribution < -0.4 is 10.2 Å². The molecule has 1 saturated heterocycles. The molecular weight excluding hydrogens is 416 g/mol. The van der Waals surface area contributed by atoms with Crippen molar-refractivity contribution in [1.29, 1.82) is 0 Å². The normalized spacial score (nSPS) is 19.2. The molecule has 1 aromatic carbocycles. The highest BCUT2D eigenvalue weighted by Crippen LogP contribution is 2.41. The largest absolute Gasteiger partial charge is 0.389 e. The lowest BCUT2D eigenvalue weighted by Crippen LogP contribution is -2.38. The van der Waals surface area contributed by atoms with Crippen LogP contribution in [0.3, 0.4) is 0 Å². The number of pyridine rings is 1. The van der Waals surface area contributed by atoms with Gasteiger partial charge in [-0.25, -0.2) is 18.3 Å². The molecule has 2 N–H and O–H groups in total. The van der Waals surface area contributed by atoms with Gasteiger partial charge in [0.15, 0.2) is 5.65 Å². The van der Waals surface area contributed by atoms with E-state index in [1.54, 1.807) is 44.3 Å². The van der Waals surface area contributed by atoms with Crippen LogP contribution in [0, 0.1) is 6.92 Å². The second-order valence-electron chi connectivity index (χ2n) is 9.07. The number of hydrogen-bond donors (Lipinski definition) is 2. The van der Waals surface area contributed by atoms with E-state index >= 15 is 0 Å². The van der Waals surface area contributed by atoms with Crippen molar-refractivity contribution in [3.8, 4) is 0 Å². The lowest BCUT2D eigenvalue weighted by Gasteiger charge is -2.29. The minimum Gasteiger partial charge on any atom is -0.389 e. The number of aliphatic hydroxyl groups is 1. The Balaban J connectivity index is 1.61. The van der Waals surface area contributed by atoms with Crippen LogP contribution in [0.2, 0.25) is 0 Å². The quantitative estimate of drug-likeness (QED) is 0.612. The summed E-state index contributed by atoms with van der Waals surface area (Å²) in [6.07, 6.45) is -0.431. The Morgan fingerprint density at radius 3 is 2.69 bits per heavy atom. The minimum atomic E-state index is -2.49. The van der Waals surface area contributed by atoms with Crippen molar-refractivity contribution < 1.29 is 18.7 Å². The number of rotatable bonds is 6. The number of amides is 1. The maximum atomic E-state index is 14.2. The number of fused-ring (bicyclic) bond motifs is 1. The standard InChI is InChI=1S/C23H27F2N5O2/c1-15-11-17(12-30-19(15)27-18(28-30)20(31)26-13-22(2,3)32)29-10-9-23(14-29,21(24)25)16-7-5-4-6-8-16/h4-8,11-12,21,32H,9-10,13-14H2,1-3H3,(H,26,31)/t23-/m0/s1. The first-order chi connectivity index (χ1) is 15.1. The number of benzene rings is 1. The smallest absolute Gasteiger partial charge is 0.291 e. The number of halogens is 2. The minimum absolute atomic E-state index is 0.0119. The van der Waals surface area contributed by atoms with E-state index in [4.69, 9.17) is 0 Å². The molecule has 0 radical (unpaired) electrons. The summed E-state index contributed by atoms with van der Waals surface area (Å²) in [5.74, 6) is -0.499. The highest BCUT2D eigenvalue weighted by atomic mass is 19.3. The fourth-order valence-electron chi connectivity index (χ4n) is 4.14. The average molecular weight is 443 g/mol. The number of carbonyl (C=O) groups excluding carboxylic acids is 1. The van der Waals surface area contributed by atoms with Gasteiger partial charge in [-0.3, -0.25) is 4.79 Å². The van der Waals surface area contributed by atoms with Gasteiger partial charge in [-0.2, -0.15) is 0 Å². The third-order valence-corrected chi connectivity index (χ3v) is 5.92. The third kappa shape index (κ3) is 4.17. The van der Waals surface area contributed by atoms with Crippen molar-refractivity contribution in [3.05, 3.63) is 59.5 Å². The second-order valence-corrected chi connectivity index (χ2v) is 9.07. The van der Waals surface area contributed by atoms with Crippen molar-refractivity contribution in [1.82, 2.24) is 19.9 Å². The van der Waals surface area contributed by atoms with Crippen LogP contribution >= 0.6 is 0 Å². The fourth-order valence-corrected chi connectivity index (χ4v) is 4.14. The predicted molar refractivity (Wildman–Crippen MR) is 117 cm³/mol. The summed E-state index contributed by atoms with van der Waals surface area (Å²) in [5, 5.41) is 16.7. The lowest BCUT2D eigenvalue weighted by atomic mass is 9.80. The summed E-state index contributed by atoms with van der Waals surface area (Å²) in [7, 11) is 0. The van der Waals surface area contributed by atoms with E-state index in [1.807, 2.05) is 24.0 Å². The first-order valence-corrected chi connectivity index (χ1v) is 10.6. The van der Waals surface area contributed by atoms with E-state index in [1.165, 1.54) is 4.52 Å². The molecule has 0 spiro atoms. The van der Waals surface area contributed by atoms with Gasteiger partial charge in [0.2, 0.25) is 12.2 Å². The van der Waals surface area contributed by atoms with Crippen LogP contribution in [0.1, 0.15) is 42.0 Å². The number of carbonyl (C=O) groups is 1. The van der Waals surface area contributed by atoms with Crippen LogP contribution in [0.4, 0.5) is 14.5 Å². The predicted octanol–water partition coefficient (Wildman–Crippen LogP) is 2.95. The number of nitrogens with zero attached hydrogens (tertiary/aromatic N) is 4. The molecule has 1 amide bonds. The molecule has 3 aromatic rings. The van der Waals surface area contributed by atoms with E-state index in [-0.39, 0.29) is 18.9 Å². The highest BCUT2D eigenvalue weighted by Gasteiger charge is 2.47. The van der Waals surface area contributed by atoms with Crippen molar-refractivity contribution in [3.63, 3.8) is 0 Å². The Hall–Kier alpha value is -3.07. The van der Waals surface area contributed by atoms with E-state index in [9.17, 15) is 18.7 Å². The van der Waals surface area contributed by atoms with Gasteiger partial charge in [-0.15, -0.1) is 5.10 Å². The van der Waals surface area contributed by atoms with Gasteiger partial charge >= 0.3 is 0 Å². The Morgan fingerprint density at radius 1 is 1.31 bits per heavy atom. The molecule has 0 aliphatic carbocycles. The summed E-state index contributed by atoms with van der Waals surface area (Å²) >= 11 is 0. The Kier molecular flexibility index (Phi) is 5.62. The van der Waals surface area contributed by atoms with Crippen LogP contribution in [0.5, 0.6) is 0 Å². The van der Waals surface area contributed by atoms with Gasteiger partial charge in [0.05, 0.1) is 22.9 Å². The number of aryl methyl sites for hydroxylation is 1. The SMILES string of the molecule is Cc1cc(N2CC[C@](c3ccccc3)(C(F)F)C2)cn2nc(C(=O)NCC(C)(C)O)nc12. The maximum absolute atomic E-state index is 14.2. The first kappa shape index (κ1) is 22.1. The fraction of sp³-hybridized carbons (Fsp3) is 0.435. The van der Waals surface area contributed by atoms with Crippen molar-refractivity contribution in [2.24, 2.45) is 0 Å². The summed E-state index contributed by atoms with van der Waals surface area (Å²) in [6.45, 7) is 5.76. The van der Waals surface area contributed by atoms with Gasteiger partial charge in [0.25, 0.3) is 5.91 Å². The molecule has 1 aliphatic rings. The Labute approximate surface area is 185 Å². The van der Waals surface area contributed by atoms with E-state index < -0.39 is 23.3 Å². The van der Waals surface area contributed by atoms with Crippen LogP contribution in [-0.4, -0.2) is 57.3 Å². The number of anilines is 1. The summed E-state index contributed by atoms with van der Waals surface area (Å²) in [6, 6.07) is 10.8. The molecule has 4 rings (SSSR count). The Bertz CT molecular complexity index is 1130.